The Kier molecular flexibility index (Phi) is 3.28. The molecule has 114 valence electrons. The first-order chi connectivity index (χ1) is 10.7. The summed E-state index contributed by atoms with van der Waals surface area (Å²) in [6.07, 6.45) is 7.61. The fraction of sp³-hybridized carbons (Fsp3) is 0.308. The van der Waals surface area contributed by atoms with Gasteiger partial charge in [-0.05, 0) is 15.9 Å². The van der Waals surface area contributed by atoms with Gasteiger partial charge in [0.15, 0.2) is 4.96 Å². The van der Waals surface area contributed by atoms with Crippen LogP contribution in [0.2, 0.25) is 0 Å². The summed E-state index contributed by atoms with van der Waals surface area (Å²) in [6.45, 7) is 1.01. The summed E-state index contributed by atoms with van der Waals surface area (Å²) < 4.78 is 8.15. The lowest BCUT2D eigenvalue weighted by atomic mass is 9.97. The first kappa shape index (κ1) is 13.9. The molecule has 1 saturated heterocycles. The van der Waals surface area contributed by atoms with Crippen molar-refractivity contribution in [2.45, 2.75) is 12.0 Å². The van der Waals surface area contributed by atoms with Gasteiger partial charge in [-0.2, -0.15) is 0 Å². The maximum Gasteiger partial charge on any atom is 0.263 e. The SMILES string of the molecule is O=C(NC1(c2ncc[nH]2)CCOC1)c1cn2c(Br)cnc2s1. The van der Waals surface area contributed by atoms with Gasteiger partial charge in [0.1, 0.15) is 20.8 Å². The molecule has 0 spiro atoms. The molecule has 0 saturated carbocycles. The number of hydrogen-bond donors (Lipinski definition) is 2. The highest BCUT2D eigenvalue weighted by molar-refractivity contribution is 9.10. The Hall–Kier alpha value is -1.71. The highest BCUT2D eigenvalue weighted by Gasteiger charge is 2.41. The standard InChI is InChI=1S/C13H12BrN5O2S/c14-9-5-17-12-19(9)6-8(22-12)10(20)18-13(1-4-21-7-13)11-15-2-3-16-11/h2-3,5-6H,1,4,7H2,(H,15,16)(H,18,20). The van der Waals surface area contributed by atoms with Crippen LogP contribution < -0.4 is 5.32 Å². The lowest BCUT2D eigenvalue weighted by molar-refractivity contribution is 0.0873. The number of rotatable bonds is 3. The Labute approximate surface area is 137 Å². The van der Waals surface area contributed by atoms with Crippen molar-refractivity contribution in [1.82, 2.24) is 24.7 Å². The Morgan fingerprint density at radius 1 is 1.55 bits per heavy atom. The number of thiazole rings is 1. The van der Waals surface area contributed by atoms with Gasteiger partial charge in [-0.3, -0.25) is 9.20 Å². The van der Waals surface area contributed by atoms with Gasteiger partial charge in [0.05, 0.1) is 12.8 Å². The van der Waals surface area contributed by atoms with Crippen LogP contribution in [0.3, 0.4) is 0 Å². The molecule has 1 aliphatic rings. The summed E-state index contributed by atoms with van der Waals surface area (Å²) in [5.41, 5.74) is -0.593. The van der Waals surface area contributed by atoms with Crippen molar-refractivity contribution in [2.75, 3.05) is 13.2 Å². The van der Waals surface area contributed by atoms with Crippen molar-refractivity contribution in [3.8, 4) is 0 Å². The summed E-state index contributed by atoms with van der Waals surface area (Å²) in [7, 11) is 0. The third-order valence-corrected chi connectivity index (χ3v) is 5.30. The molecule has 0 aromatic carbocycles. The Morgan fingerprint density at radius 3 is 3.14 bits per heavy atom. The van der Waals surface area contributed by atoms with Crippen LogP contribution in [0.1, 0.15) is 21.9 Å². The molecule has 1 unspecified atom stereocenters. The lowest BCUT2D eigenvalue weighted by Gasteiger charge is -2.26. The molecule has 22 heavy (non-hydrogen) atoms. The van der Waals surface area contributed by atoms with Crippen molar-refractivity contribution >= 4 is 38.1 Å². The number of hydrogen-bond acceptors (Lipinski definition) is 5. The van der Waals surface area contributed by atoms with Crippen LogP contribution in [-0.4, -0.2) is 38.5 Å². The number of nitrogens with zero attached hydrogens (tertiary/aromatic N) is 3. The van der Waals surface area contributed by atoms with E-state index in [0.717, 1.165) is 15.4 Å². The van der Waals surface area contributed by atoms with E-state index in [2.05, 4.69) is 36.2 Å². The number of carbonyl (C=O) groups excluding carboxylic acids is 1. The summed E-state index contributed by atoms with van der Waals surface area (Å²) in [5, 5.41) is 3.08. The van der Waals surface area contributed by atoms with E-state index in [1.54, 1.807) is 24.8 Å². The van der Waals surface area contributed by atoms with Crippen LogP contribution in [0.4, 0.5) is 0 Å². The number of imidazole rings is 2. The lowest BCUT2D eigenvalue weighted by Crippen LogP contribution is -2.47. The highest BCUT2D eigenvalue weighted by atomic mass is 79.9. The first-order valence-corrected chi connectivity index (χ1v) is 8.31. The molecule has 0 bridgehead atoms. The molecule has 0 radical (unpaired) electrons. The predicted molar refractivity (Wildman–Crippen MR) is 83.9 cm³/mol. The summed E-state index contributed by atoms with van der Waals surface area (Å²) in [4.78, 5) is 25.6. The van der Waals surface area contributed by atoms with E-state index in [1.807, 2.05) is 4.40 Å². The molecule has 4 rings (SSSR count). The zero-order chi connectivity index (χ0) is 15.2. The number of aromatic amines is 1. The van der Waals surface area contributed by atoms with E-state index < -0.39 is 5.54 Å². The third kappa shape index (κ3) is 2.16. The van der Waals surface area contributed by atoms with E-state index in [4.69, 9.17) is 4.74 Å². The molecule has 3 aromatic heterocycles. The Morgan fingerprint density at radius 2 is 2.45 bits per heavy atom. The van der Waals surface area contributed by atoms with E-state index in [-0.39, 0.29) is 5.91 Å². The van der Waals surface area contributed by atoms with Crippen LogP contribution in [-0.2, 0) is 10.3 Å². The van der Waals surface area contributed by atoms with Gasteiger partial charge in [-0.15, -0.1) is 0 Å². The van der Waals surface area contributed by atoms with Gasteiger partial charge in [0.25, 0.3) is 5.91 Å². The molecule has 1 amide bonds. The van der Waals surface area contributed by atoms with Crippen LogP contribution in [0.5, 0.6) is 0 Å². The molecule has 1 aliphatic heterocycles. The Balaban J connectivity index is 1.64. The van der Waals surface area contributed by atoms with Gasteiger partial charge in [-0.25, -0.2) is 9.97 Å². The minimum absolute atomic E-state index is 0.149. The zero-order valence-corrected chi connectivity index (χ0v) is 13.8. The average molecular weight is 382 g/mol. The number of aromatic nitrogens is 4. The second-order valence-corrected chi connectivity index (χ2v) is 6.93. The van der Waals surface area contributed by atoms with Crippen molar-refractivity contribution in [2.24, 2.45) is 0 Å². The summed E-state index contributed by atoms with van der Waals surface area (Å²) in [6, 6.07) is 0. The summed E-state index contributed by atoms with van der Waals surface area (Å²) in [5.74, 6) is 0.574. The fourth-order valence-electron chi connectivity index (χ4n) is 2.58. The minimum Gasteiger partial charge on any atom is -0.378 e. The number of halogens is 1. The maximum absolute atomic E-state index is 12.6. The molecule has 3 aromatic rings. The van der Waals surface area contributed by atoms with Gasteiger partial charge in [-0.1, -0.05) is 11.3 Å². The third-order valence-electron chi connectivity index (χ3n) is 3.72. The Bertz CT molecular complexity index is 819. The van der Waals surface area contributed by atoms with Crippen molar-refractivity contribution in [3.05, 3.63) is 40.1 Å². The predicted octanol–water partition coefficient (Wildman–Crippen LogP) is 1.93. The monoisotopic (exact) mass is 381 g/mol. The molecule has 4 heterocycles. The molecule has 2 N–H and O–H groups in total. The number of amides is 1. The second kappa shape index (κ2) is 5.18. The smallest absolute Gasteiger partial charge is 0.263 e. The minimum atomic E-state index is -0.593. The number of H-pyrrole nitrogens is 1. The van der Waals surface area contributed by atoms with Crippen molar-refractivity contribution in [1.29, 1.82) is 0 Å². The van der Waals surface area contributed by atoms with Gasteiger partial charge in [0.2, 0.25) is 0 Å². The largest absolute Gasteiger partial charge is 0.378 e. The number of nitrogens with one attached hydrogen (secondary N) is 2. The first-order valence-electron chi connectivity index (χ1n) is 6.70. The van der Waals surface area contributed by atoms with E-state index >= 15 is 0 Å². The van der Waals surface area contributed by atoms with Crippen molar-refractivity contribution in [3.63, 3.8) is 0 Å². The fourth-order valence-corrected chi connectivity index (χ4v) is 3.92. The molecule has 9 heteroatoms. The van der Waals surface area contributed by atoms with E-state index in [9.17, 15) is 4.79 Å². The van der Waals surface area contributed by atoms with Crippen LogP contribution in [0, 0.1) is 0 Å². The molecule has 1 atom stereocenters. The van der Waals surface area contributed by atoms with Crippen molar-refractivity contribution < 1.29 is 9.53 Å². The van der Waals surface area contributed by atoms with Crippen LogP contribution in [0.25, 0.3) is 4.96 Å². The molecule has 0 aliphatic carbocycles. The maximum atomic E-state index is 12.6. The van der Waals surface area contributed by atoms with Crippen LogP contribution in [0.15, 0.2) is 29.4 Å². The van der Waals surface area contributed by atoms with E-state index in [1.165, 1.54) is 11.3 Å². The quantitative estimate of drug-likeness (QED) is 0.725. The summed E-state index contributed by atoms with van der Waals surface area (Å²) >= 11 is 4.74. The van der Waals surface area contributed by atoms with Crippen LogP contribution >= 0.6 is 27.3 Å². The molecule has 7 nitrogen and oxygen atoms in total. The van der Waals surface area contributed by atoms with Gasteiger partial charge in [0, 0.05) is 31.6 Å². The number of ether oxygens (including phenoxy) is 1. The topological polar surface area (TPSA) is 84.3 Å². The number of fused-ring (bicyclic) bond motifs is 1. The second-order valence-electron chi connectivity index (χ2n) is 5.11. The zero-order valence-electron chi connectivity index (χ0n) is 11.4. The molecular weight excluding hydrogens is 370 g/mol. The van der Waals surface area contributed by atoms with E-state index in [0.29, 0.717) is 24.5 Å². The number of carbonyl (C=O) groups is 1. The highest BCUT2D eigenvalue weighted by Crippen LogP contribution is 2.29. The van der Waals surface area contributed by atoms with Gasteiger partial charge >= 0.3 is 0 Å². The molecular formula is C13H12BrN5O2S. The molecule has 1 fully saturated rings. The average Bonchev–Trinajstić information content (AvgIpc) is 3.24. The normalized spacial score (nSPS) is 21.5. The van der Waals surface area contributed by atoms with Gasteiger partial charge < -0.3 is 15.0 Å².